The number of piperidine rings is 1. The molecule has 1 fully saturated rings. The number of rotatable bonds is 6. The van der Waals surface area contributed by atoms with Gasteiger partial charge in [-0.3, -0.25) is 9.59 Å². The van der Waals surface area contributed by atoms with Gasteiger partial charge in [-0.2, -0.15) is 0 Å². The molecular weight excluding hydrogens is 266 g/mol. The molecule has 0 aromatic rings. The molecule has 1 aliphatic heterocycles. The number of carbonyl (C=O) groups is 2. The lowest BCUT2D eigenvalue weighted by Crippen LogP contribution is -2.47. The third-order valence-electron chi connectivity index (χ3n) is 3.53. The van der Waals surface area contributed by atoms with Crippen LogP contribution < -0.4 is 16.4 Å². The highest BCUT2D eigenvalue weighted by Gasteiger charge is 2.22. The molecule has 1 heterocycles. The Balaban J connectivity index is 0.00000324. The smallest absolute Gasteiger partial charge is 0.240 e. The Hall–Kier alpha value is -0.810. The Bertz CT molecular complexity index is 292. The molecule has 0 aromatic heterocycles. The first kappa shape index (κ1) is 18.2. The molecule has 2 amide bonds. The quantitative estimate of drug-likeness (QED) is 0.677. The van der Waals surface area contributed by atoms with Gasteiger partial charge in [0, 0.05) is 6.42 Å². The summed E-state index contributed by atoms with van der Waals surface area (Å²) in [5.74, 6) is 0.139. The van der Waals surface area contributed by atoms with E-state index in [1.54, 1.807) is 0 Å². The summed E-state index contributed by atoms with van der Waals surface area (Å²) in [5, 5.41) is 6.03. The first-order valence-corrected chi connectivity index (χ1v) is 6.80. The summed E-state index contributed by atoms with van der Waals surface area (Å²) in [5.41, 5.74) is 5.26. The number of amides is 2. The van der Waals surface area contributed by atoms with Crippen molar-refractivity contribution in [2.24, 2.45) is 17.6 Å². The van der Waals surface area contributed by atoms with Crippen molar-refractivity contribution in [2.75, 3.05) is 13.1 Å². The van der Waals surface area contributed by atoms with Crippen LogP contribution in [0, 0.1) is 11.8 Å². The second-order valence-corrected chi connectivity index (χ2v) is 5.42. The summed E-state index contributed by atoms with van der Waals surface area (Å²) in [7, 11) is 0. The number of nitrogens with two attached hydrogens (primary N) is 1. The van der Waals surface area contributed by atoms with E-state index < -0.39 is 11.9 Å². The molecule has 1 unspecified atom stereocenters. The zero-order valence-electron chi connectivity index (χ0n) is 11.8. The third-order valence-corrected chi connectivity index (χ3v) is 3.53. The Labute approximate surface area is 121 Å². The number of halogens is 1. The Kier molecular flexibility index (Phi) is 8.76. The van der Waals surface area contributed by atoms with Crippen molar-refractivity contribution >= 4 is 24.2 Å². The Morgan fingerprint density at radius 3 is 2.37 bits per heavy atom. The largest absolute Gasteiger partial charge is 0.368 e. The minimum absolute atomic E-state index is 0. The van der Waals surface area contributed by atoms with Crippen LogP contribution in [0.4, 0.5) is 0 Å². The van der Waals surface area contributed by atoms with E-state index >= 15 is 0 Å². The van der Waals surface area contributed by atoms with Crippen molar-refractivity contribution in [3.63, 3.8) is 0 Å². The van der Waals surface area contributed by atoms with Gasteiger partial charge in [0.1, 0.15) is 6.04 Å². The molecule has 19 heavy (non-hydrogen) atoms. The van der Waals surface area contributed by atoms with E-state index in [1.165, 1.54) is 0 Å². The Morgan fingerprint density at radius 1 is 1.32 bits per heavy atom. The van der Waals surface area contributed by atoms with Crippen LogP contribution in [0.25, 0.3) is 0 Å². The van der Waals surface area contributed by atoms with Gasteiger partial charge < -0.3 is 16.4 Å². The molecule has 0 aliphatic carbocycles. The molecule has 1 rings (SSSR count). The molecule has 0 bridgehead atoms. The molecule has 0 spiro atoms. The normalized spacial score (nSPS) is 17.6. The van der Waals surface area contributed by atoms with E-state index in [0.29, 0.717) is 12.3 Å². The van der Waals surface area contributed by atoms with Gasteiger partial charge >= 0.3 is 0 Å². The highest BCUT2D eigenvalue weighted by molar-refractivity contribution is 5.86. The van der Waals surface area contributed by atoms with E-state index in [2.05, 4.69) is 10.6 Å². The van der Waals surface area contributed by atoms with Gasteiger partial charge in [-0.25, -0.2) is 0 Å². The van der Waals surface area contributed by atoms with E-state index in [1.807, 2.05) is 13.8 Å². The lowest BCUT2D eigenvalue weighted by Gasteiger charge is -2.23. The standard InChI is InChI=1S/C13H25N3O2.ClH/c1-9(2)12(13(14)18)16-11(17)4-3-10-5-7-15-8-6-10;/h9-10,12,15H,3-8H2,1-2H3,(H2,14,18)(H,16,17);1H. The minimum Gasteiger partial charge on any atom is -0.368 e. The maximum Gasteiger partial charge on any atom is 0.240 e. The summed E-state index contributed by atoms with van der Waals surface area (Å²) < 4.78 is 0. The molecule has 1 saturated heterocycles. The van der Waals surface area contributed by atoms with E-state index in [0.717, 1.165) is 32.4 Å². The molecule has 0 aromatic carbocycles. The van der Waals surface area contributed by atoms with E-state index in [4.69, 9.17) is 5.73 Å². The van der Waals surface area contributed by atoms with E-state index in [-0.39, 0.29) is 24.2 Å². The third kappa shape index (κ3) is 6.78. The van der Waals surface area contributed by atoms with Gasteiger partial charge in [0.25, 0.3) is 0 Å². The first-order valence-electron chi connectivity index (χ1n) is 6.80. The van der Waals surface area contributed by atoms with Crippen LogP contribution in [0.15, 0.2) is 0 Å². The molecule has 5 nitrogen and oxygen atoms in total. The van der Waals surface area contributed by atoms with Crippen molar-refractivity contribution in [3.05, 3.63) is 0 Å². The topological polar surface area (TPSA) is 84.2 Å². The van der Waals surface area contributed by atoms with Gasteiger partial charge in [-0.1, -0.05) is 13.8 Å². The van der Waals surface area contributed by atoms with Gasteiger partial charge in [0.15, 0.2) is 0 Å². The summed E-state index contributed by atoms with van der Waals surface area (Å²) in [6, 6.07) is -0.550. The zero-order chi connectivity index (χ0) is 13.5. The van der Waals surface area contributed by atoms with Crippen LogP contribution >= 0.6 is 12.4 Å². The predicted molar refractivity (Wildman–Crippen MR) is 78.0 cm³/mol. The maximum atomic E-state index is 11.8. The highest BCUT2D eigenvalue weighted by Crippen LogP contribution is 2.17. The second-order valence-electron chi connectivity index (χ2n) is 5.42. The van der Waals surface area contributed by atoms with Crippen molar-refractivity contribution in [2.45, 2.75) is 45.6 Å². The summed E-state index contributed by atoms with van der Waals surface area (Å²) >= 11 is 0. The number of primary amides is 1. The summed E-state index contributed by atoms with van der Waals surface area (Å²) in [6.07, 6.45) is 3.66. The van der Waals surface area contributed by atoms with E-state index in [9.17, 15) is 9.59 Å². The molecule has 1 aliphatic rings. The lowest BCUT2D eigenvalue weighted by atomic mass is 9.93. The number of nitrogens with one attached hydrogen (secondary N) is 2. The van der Waals surface area contributed by atoms with Crippen LogP contribution in [0.2, 0.25) is 0 Å². The maximum absolute atomic E-state index is 11.8. The van der Waals surface area contributed by atoms with Crippen LogP contribution in [0.5, 0.6) is 0 Å². The number of carbonyl (C=O) groups excluding carboxylic acids is 2. The first-order chi connectivity index (χ1) is 8.50. The average Bonchev–Trinajstić information content (AvgIpc) is 2.34. The Morgan fingerprint density at radius 2 is 1.89 bits per heavy atom. The average molecular weight is 292 g/mol. The molecular formula is C13H26ClN3O2. The fourth-order valence-corrected chi connectivity index (χ4v) is 2.32. The molecule has 6 heteroatoms. The fourth-order valence-electron chi connectivity index (χ4n) is 2.32. The zero-order valence-corrected chi connectivity index (χ0v) is 12.6. The summed E-state index contributed by atoms with van der Waals surface area (Å²) in [4.78, 5) is 23.0. The molecule has 0 radical (unpaired) electrons. The van der Waals surface area contributed by atoms with Crippen LogP contribution in [0.1, 0.15) is 39.5 Å². The number of hydrogen-bond acceptors (Lipinski definition) is 3. The van der Waals surface area contributed by atoms with Crippen LogP contribution in [0.3, 0.4) is 0 Å². The lowest BCUT2D eigenvalue weighted by molar-refractivity contribution is -0.128. The van der Waals surface area contributed by atoms with Gasteiger partial charge in [0.2, 0.25) is 11.8 Å². The van der Waals surface area contributed by atoms with Crippen molar-refractivity contribution in [3.8, 4) is 0 Å². The molecule has 1 atom stereocenters. The van der Waals surface area contributed by atoms with Crippen LogP contribution in [-0.4, -0.2) is 30.9 Å². The van der Waals surface area contributed by atoms with Crippen molar-refractivity contribution in [1.82, 2.24) is 10.6 Å². The van der Waals surface area contributed by atoms with Crippen molar-refractivity contribution < 1.29 is 9.59 Å². The van der Waals surface area contributed by atoms with Gasteiger partial charge in [0.05, 0.1) is 0 Å². The SMILES string of the molecule is CC(C)C(NC(=O)CCC1CCNCC1)C(N)=O.Cl. The summed E-state index contributed by atoms with van der Waals surface area (Å²) in [6.45, 7) is 5.84. The van der Waals surface area contributed by atoms with Gasteiger partial charge in [-0.15, -0.1) is 12.4 Å². The second kappa shape index (κ2) is 9.15. The van der Waals surface area contributed by atoms with Crippen molar-refractivity contribution in [1.29, 1.82) is 0 Å². The molecule has 4 N–H and O–H groups in total. The fraction of sp³-hybridized carbons (Fsp3) is 0.846. The molecule has 0 saturated carbocycles. The number of hydrogen-bond donors (Lipinski definition) is 3. The molecule has 112 valence electrons. The highest BCUT2D eigenvalue weighted by atomic mass is 35.5. The monoisotopic (exact) mass is 291 g/mol. The predicted octanol–water partition coefficient (Wildman–Crippen LogP) is 0.814. The van der Waals surface area contributed by atoms with Gasteiger partial charge in [-0.05, 0) is 44.2 Å². The van der Waals surface area contributed by atoms with Crippen LogP contribution in [-0.2, 0) is 9.59 Å². The minimum atomic E-state index is -0.550.